The number of benzene rings is 1. The molecule has 1 fully saturated rings. The van der Waals surface area contributed by atoms with E-state index >= 15 is 0 Å². The zero-order valence-electron chi connectivity index (χ0n) is 15.4. The molecule has 1 aliphatic carbocycles. The van der Waals surface area contributed by atoms with Crippen molar-refractivity contribution in [2.75, 3.05) is 19.6 Å². The van der Waals surface area contributed by atoms with Crippen molar-refractivity contribution in [3.05, 3.63) is 46.6 Å². The molecule has 1 heterocycles. The third-order valence-electron chi connectivity index (χ3n) is 4.19. The molecule has 0 saturated heterocycles. The van der Waals surface area contributed by atoms with Gasteiger partial charge in [0.05, 0.1) is 0 Å². The van der Waals surface area contributed by atoms with Crippen LogP contribution in [-0.2, 0) is 11.3 Å². The standard InChI is InChI=1S/C20H25BrN4O2/c1-2-22-20(24-12-11-23-19(26)15-3-4-15)25-13-17-9-10-18(27-17)14-5-7-16(21)8-6-14/h5-10,15H,2-4,11-13H2,1H3,(H,23,26)(H2,22,24,25). The van der Waals surface area contributed by atoms with Crippen molar-refractivity contribution < 1.29 is 9.21 Å². The van der Waals surface area contributed by atoms with E-state index in [0.29, 0.717) is 25.6 Å². The van der Waals surface area contributed by atoms with E-state index in [9.17, 15) is 4.79 Å². The monoisotopic (exact) mass is 432 g/mol. The van der Waals surface area contributed by atoms with Crippen LogP contribution in [0.1, 0.15) is 25.5 Å². The van der Waals surface area contributed by atoms with Crippen LogP contribution >= 0.6 is 15.9 Å². The fourth-order valence-corrected chi connectivity index (χ4v) is 2.85. The first-order valence-electron chi connectivity index (χ1n) is 9.30. The minimum absolute atomic E-state index is 0.162. The fraction of sp³-hybridized carbons (Fsp3) is 0.400. The molecule has 1 aromatic carbocycles. The second-order valence-electron chi connectivity index (χ2n) is 6.46. The van der Waals surface area contributed by atoms with Crippen LogP contribution in [0.25, 0.3) is 11.3 Å². The Kier molecular flexibility index (Phi) is 6.92. The minimum atomic E-state index is 0.162. The number of carbonyl (C=O) groups excluding carboxylic acids is 1. The lowest BCUT2D eigenvalue weighted by Crippen LogP contribution is -2.41. The van der Waals surface area contributed by atoms with E-state index in [1.54, 1.807) is 0 Å². The Morgan fingerprint density at radius 1 is 1.11 bits per heavy atom. The summed E-state index contributed by atoms with van der Waals surface area (Å²) in [6.07, 6.45) is 2.05. The van der Waals surface area contributed by atoms with Gasteiger partial charge in [0.1, 0.15) is 18.1 Å². The number of furan rings is 1. The van der Waals surface area contributed by atoms with Crippen LogP contribution in [0.15, 0.2) is 50.3 Å². The van der Waals surface area contributed by atoms with Gasteiger partial charge in [-0.1, -0.05) is 28.1 Å². The van der Waals surface area contributed by atoms with Gasteiger partial charge in [0.2, 0.25) is 5.91 Å². The van der Waals surface area contributed by atoms with Gasteiger partial charge in [0, 0.05) is 35.6 Å². The van der Waals surface area contributed by atoms with E-state index in [0.717, 1.165) is 40.9 Å². The van der Waals surface area contributed by atoms with E-state index in [2.05, 4.69) is 36.9 Å². The quantitative estimate of drug-likeness (QED) is 0.339. The lowest BCUT2D eigenvalue weighted by Gasteiger charge is -2.11. The summed E-state index contributed by atoms with van der Waals surface area (Å²) in [5, 5.41) is 9.36. The van der Waals surface area contributed by atoms with Crippen LogP contribution in [0.3, 0.4) is 0 Å². The molecule has 0 bridgehead atoms. The average Bonchev–Trinajstić information content (AvgIpc) is 3.42. The van der Waals surface area contributed by atoms with Gasteiger partial charge in [-0.2, -0.15) is 0 Å². The molecule has 3 N–H and O–H groups in total. The highest BCUT2D eigenvalue weighted by Crippen LogP contribution is 2.28. The second kappa shape index (κ2) is 9.60. The van der Waals surface area contributed by atoms with Crippen LogP contribution in [0.4, 0.5) is 0 Å². The molecular weight excluding hydrogens is 408 g/mol. The predicted molar refractivity (Wildman–Crippen MR) is 110 cm³/mol. The van der Waals surface area contributed by atoms with Crippen LogP contribution in [-0.4, -0.2) is 31.5 Å². The maximum atomic E-state index is 11.6. The van der Waals surface area contributed by atoms with Crippen LogP contribution < -0.4 is 16.0 Å². The Balaban J connectivity index is 1.50. The number of hydrogen-bond acceptors (Lipinski definition) is 3. The lowest BCUT2D eigenvalue weighted by atomic mass is 10.2. The van der Waals surface area contributed by atoms with Crippen molar-refractivity contribution in [1.29, 1.82) is 0 Å². The van der Waals surface area contributed by atoms with Gasteiger partial charge >= 0.3 is 0 Å². The topological polar surface area (TPSA) is 78.7 Å². The maximum Gasteiger partial charge on any atom is 0.223 e. The van der Waals surface area contributed by atoms with E-state index in [1.165, 1.54) is 0 Å². The minimum Gasteiger partial charge on any atom is -0.459 e. The van der Waals surface area contributed by atoms with Crippen LogP contribution in [0, 0.1) is 5.92 Å². The Labute approximate surface area is 168 Å². The van der Waals surface area contributed by atoms with Crippen LogP contribution in [0.5, 0.6) is 0 Å². The van der Waals surface area contributed by atoms with Crippen molar-refractivity contribution >= 4 is 27.8 Å². The molecule has 27 heavy (non-hydrogen) atoms. The molecule has 0 unspecified atom stereocenters. The molecule has 0 atom stereocenters. The first-order valence-corrected chi connectivity index (χ1v) is 10.1. The lowest BCUT2D eigenvalue weighted by molar-refractivity contribution is -0.122. The Hall–Kier alpha value is -2.28. The van der Waals surface area contributed by atoms with Gasteiger partial charge < -0.3 is 20.4 Å². The van der Waals surface area contributed by atoms with Gasteiger partial charge in [0.15, 0.2) is 5.96 Å². The number of nitrogens with one attached hydrogen (secondary N) is 3. The molecule has 3 rings (SSSR count). The molecule has 6 nitrogen and oxygen atoms in total. The number of rotatable bonds is 8. The molecule has 7 heteroatoms. The third-order valence-corrected chi connectivity index (χ3v) is 4.72. The maximum absolute atomic E-state index is 11.6. The Morgan fingerprint density at radius 2 is 1.85 bits per heavy atom. The fourth-order valence-electron chi connectivity index (χ4n) is 2.59. The molecule has 1 aromatic heterocycles. The van der Waals surface area contributed by atoms with Gasteiger partial charge in [-0.15, -0.1) is 0 Å². The summed E-state index contributed by atoms with van der Waals surface area (Å²) >= 11 is 3.44. The summed E-state index contributed by atoms with van der Waals surface area (Å²) in [6, 6.07) is 11.9. The summed E-state index contributed by atoms with van der Waals surface area (Å²) in [4.78, 5) is 16.2. The zero-order chi connectivity index (χ0) is 19.1. The van der Waals surface area contributed by atoms with Crippen molar-refractivity contribution in [3.8, 4) is 11.3 Å². The molecule has 0 spiro atoms. The molecule has 1 amide bonds. The molecule has 2 aromatic rings. The normalized spacial score (nSPS) is 14.1. The largest absolute Gasteiger partial charge is 0.459 e. The summed E-state index contributed by atoms with van der Waals surface area (Å²) in [7, 11) is 0. The molecule has 1 saturated carbocycles. The predicted octanol–water partition coefficient (Wildman–Crippen LogP) is 3.29. The smallest absolute Gasteiger partial charge is 0.223 e. The summed E-state index contributed by atoms with van der Waals surface area (Å²) in [5.74, 6) is 2.74. The number of amides is 1. The SMILES string of the molecule is CCNC(=NCc1ccc(-c2ccc(Br)cc2)o1)NCCNC(=O)C1CC1. The molecule has 1 aliphatic rings. The number of guanidine groups is 1. The number of carbonyl (C=O) groups is 1. The third kappa shape index (κ3) is 6.13. The zero-order valence-corrected chi connectivity index (χ0v) is 17.0. The molecule has 144 valence electrons. The van der Waals surface area contributed by atoms with Crippen molar-refractivity contribution in [1.82, 2.24) is 16.0 Å². The number of hydrogen-bond donors (Lipinski definition) is 3. The van der Waals surface area contributed by atoms with Gasteiger partial charge in [0.25, 0.3) is 0 Å². The Morgan fingerprint density at radius 3 is 2.56 bits per heavy atom. The average molecular weight is 433 g/mol. The second-order valence-corrected chi connectivity index (χ2v) is 7.38. The van der Waals surface area contributed by atoms with E-state index < -0.39 is 0 Å². The van der Waals surface area contributed by atoms with Crippen LogP contribution in [0.2, 0.25) is 0 Å². The first kappa shape index (κ1) is 19.5. The first-order chi connectivity index (χ1) is 13.2. The number of halogens is 1. The highest BCUT2D eigenvalue weighted by atomic mass is 79.9. The highest BCUT2D eigenvalue weighted by molar-refractivity contribution is 9.10. The summed E-state index contributed by atoms with van der Waals surface area (Å²) in [5.41, 5.74) is 1.03. The molecular formula is C20H25BrN4O2. The highest BCUT2D eigenvalue weighted by Gasteiger charge is 2.28. The van der Waals surface area contributed by atoms with Crippen molar-refractivity contribution in [2.45, 2.75) is 26.3 Å². The van der Waals surface area contributed by atoms with E-state index in [4.69, 9.17) is 4.42 Å². The van der Waals surface area contributed by atoms with Gasteiger partial charge in [-0.25, -0.2) is 4.99 Å². The summed E-state index contributed by atoms with van der Waals surface area (Å²) < 4.78 is 6.93. The van der Waals surface area contributed by atoms with E-state index in [1.807, 2.05) is 43.3 Å². The summed E-state index contributed by atoms with van der Waals surface area (Å²) in [6.45, 7) is 4.45. The van der Waals surface area contributed by atoms with Gasteiger partial charge in [-0.3, -0.25) is 4.79 Å². The van der Waals surface area contributed by atoms with Gasteiger partial charge in [-0.05, 0) is 44.0 Å². The molecule has 0 aliphatic heterocycles. The number of aliphatic imine (C=N–C) groups is 1. The van der Waals surface area contributed by atoms with Crippen molar-refractivity contribution in [2.24, 2.45) is 10.9 Å². The van der Waals surface area contributed by atoms with Crippen molar-refractivity contribution in [3.63, 3.8) is 0 Å². The number of nitrogens with zero attached hydrogens (tertiary/aromatic N) is 1. The molecule has 0 radical (unpaired) electrons. The Bertz CT molecular complexity index is 782. The van der Waals surface area contributed by atoms with E-state index in [-0.39, 0.29) is 11.8 Å².